The normalized spacial score (nSPS) is 11.4. The second-order valence-electron chi connectivity index (χ2n) is 9.71. The van der Waals surface area contributed by atoms with Crippen molar-refractivity contribution in [2.24, 2.45) is 0 Å². The van der Waals surface area contributed by atoms with E-state index in [1.165, 1.54) is 24.6 Å². The summed E-state index contributed by atoms with van der Waals surface area (Å²) in [5, 5.41) is 0. The van der Waals surface area contributed by atoms with Crippen LogP contribution >= 0.6 is 0 Å². The Hall–Kier alpha value is -3.47. The number of aryl methyl sites for hydroxylation is 4. The van der Waals surface area contributed by atoms with E-state index >= 15 is 8.78 Å². The molecule has 0 nitrogen and oxygen atoms in total. The van der Waals surface area contributed by atoms with Gasteiger partial charge in [-0.2, -0.15) is 0 Å². The van der Waals surface area contributed by atoms with Crippen molar-refractivity contribution in [1.82, 2.24) is 0 Å². The SMILES string of the molecule is CCCCCc1ccc(-c2ccc(-c3ccc(CCc4ccc(C)c(C(F)F)c4F)cc3)c(F)c2F)cc1. The van der Waals surface area contributed by atoms with Gasteiger partial charge in [-0.3, -0.25) is 0 Å². The maximum absolute atomic E-state index is 15.1. The highest BCUT2D eigenvalue weighted by molar-refractivity contribution is 5.72. The lowest BCUT2D eigenvalue weighted by Gasteiger charge is -2.12. The molecule has 5 heteroatoms. The van der Waals surface area contributed by atoms with E-state index in [1.807, 2.05) is 24.3 Å². The third-order valence-electron chi connectivity index (χ3n) is 7.06. The molecule has 0 unspecified atom stereocenters. The fourth-order valence-electron chi connectivity index (χ4n) is 4.75. The highest BCUT2D eigenvalue weighted by atomic mass is 19.3. The van der Waals surface area contributed by atoms with Crippen LogP contribution in [0.2, 0.25) is 0 Å². The van der Waals surface area contributed by atoms with Crippen LogP contribution in [0.3, 0.4) is 0 Å². The molecule has 0 fully saturated rings. The van der Waals surface area contributed by atoms with Gasteiger partial charge in [0.2, 0.25) is 0 Å². The molecule has 0 spiro atoms. The molecular formula is C33H31F5. The van der Waals surface area contributed by atoms with Crippen molar-refractivity contribution in [2.45, 2.75) is 58.8 Å². The quantitative estimate of drug-likeness (QED) is 0.144. The van der Waals surface area contributed by atoms with Crippen LogP contribution in [0, 0.1) is 24.4 Å². The summed E-state index contributed by atoms with van der Waals surface area (Å²) in [7, 11) is 0. The first-order chi connectivity index (χ1) is 18.3. The van der Waals surface area contributed by atoms with Crippen LogP contribution in [0.1, 0.15) is 60.4 Å². The molecule has 4 rings (SSSR count). The van der Waals surface area contributed by atoms with E-state index in [-0.39, 0.29) is 28.7 Å². The van der Waals surface area contributed by atoms with Crippen molar-refractivity contribution in [2.75, 3.05) is 0 Å². The Kier molecular flexibility index (Phi) is 8.98. The number of hydrogen-bond acceptors (Lipinski definition) is 0. The molecular weight excluding hydrogens is 491 g/mol. The maximum Gasteiger partial charge on any atom is 0.266 e. The summed E-state index contributed by atoms with van der Waals surface area (Å²) in [5.41, 5.74) is 3.43. The van der Waals surface area contributed by atoms with Gasteiger partial charge in [-0.1, -0.05) is 92.6 Å². The smallest absolute Gasteiger partial charge is 0.206 e. The lowest BCUT2D eigenvalue weighted by Crippen LogP contribution is -2.02. The van der Waals surface area contributed by atoms with Gasteiger partial charge in [-0.25, -0.2) is 22.0 Å². The molecule has 0 aliphatic heterocycles. The van der Waals surface area contributed by atoms with Crippen LogP contribution in [-0.4, -0.2) is 0 Å². The minimum absolute atomic E-state index is 0.153. The zero-order valence-electron chi connectivity index (χ0n) is 21.6. The van der Waals surface area contributed by atoms with E-state index in [0.717, 1.165) is 31.2 Å². The summed E-state index contributed by atoms with van der Waals surface area (Å²) in [5.74, 6) is -2.67. The molecule has 0 aliphatic rings. The van der Waals surface area contributed by atoms with Crippen molar-refractivity contribution in [3.63, 3.8) is 0 Å². The van der Waals surface area contributed by atoms with Crippen molar-refractivity contribution < 1.29 is 22.0 Å². The summed E-state index contributed by atoms with van der Waals surface area (Å²) in [6, 6.07) is 20.7. The average Bonchev–Trinajstić information content (AvgIpc) is 2.91. The van der Waals surface area contributed by atoms with Crippen molar-refractivity contribution in [3.8, 4) is 22.3 Å². The van der Waals surface area contributed by atoms with E-state index in [2.05, 4.69) is 6.92 Å². The van der Waals surface area contributed by atoms with Gasteiger partial charge in [-0.15, -0.1) is 0 Å². The first kappa shape index (κ1) is 27.6. The molecule has 0 heterocycles. The minimum atomic E-state index is -2.87. The molecule has 0 radical (unpaired) electrons. The van der Waals surface area contributed by atoms with Gasteiger partial charge in [0.15, 0.2) is 11.6 Å². The molecule has 4 aromatic rings. The Balaban J connectivity index is 1.47. The summed E-state index contributed by atoms with van der Waals surface area (Å²) in [4.78, 5) is 0. The van der Waals surface area contributed by atoms with Crippen molar-refractivity contribution >= 4 is 0 Å². The van der Waals surface area contributed by atoms with Crippen LogP contribution in [0.5, 0.6) is 0 Å². The summed E-state index contributed by atoms with van der Waals surface area (Å²) >= 11 is 0. The molecule has 38 heavy (non-hydrogen) atoms. The van der Waals surface area contributed by atoms with Crippen molar-refractivity contribution in [3.05, 3.63) is 118 Å². The van der Waals surface area contributed by atoms with Gasteiger partial charge >= 0.3 is 0 Å². The number of alkyl halides is 2. The predicted octanol–water partition coefficient (Wildman–Crippen LogP) is 10.2. The van der Waals surface area contributed by atoms with Gasteiger partial charge in [0, 0.05) is 11.1 Å². The van der Waals surface area contributed by atoms with E-state index in [0.29, 0.717) is 17.5 Å². The Morgan fingerprint density at radius 2 is 1.11 bits per heavy atom. The first-order valence-electron chi connectivity index (χ1n) is 13.0. The third kappa shape index (κ3) is 6.15. The summed E-state index contributed by atoms with van der Waals surface area (Å²) < 4.78 is 71.1. The molecule has 0 saturated heterocycles. The molecule has 0 aromatic heterocycles. The number of benzene rings is 4. The second-order valence-corrected chi connectivity index (χ2v) is 9.71. The van der Waals surface area contributed by atoms with Crippen molar-refractivity contribution in [1.29, 1.82) is 0 Å². The van der Waals surface area contributed by atoms with E-state index in [9.17, 15) is 13.2 Å². The van der Waals surface area contributed by atoms with Gasteiger partial charge in [0.25, 0.3) is 6.43 Å². The largest absolute Gasteiger partial charge is 0.266 e. The zero-order valence-corrected chi connectivity index (χ0v) is 21.6. The lowest BCUT2D eigenvalue weighted by atomic mass is 9.95. The number of halogens is 5. The zero-order chi connectivity index (χ0) is 27.2. The second kappa shape index (κ2) is 12.4. The van der Waals surface area contributed by atoms with Crippen LogP contribution in [-0.2, 0) is 19.3 Å². The molecule has 4 aromatic carbocycles. The van der Waals surface area contributed by atoms with E-state index < -0.39 is 29.4 Å². The highest BCUT2D eigenvalue weighted by Gasteiger charge is 2.19. The molecule has 198 valence electrons. The highest BCUT2D eigenvalue weighted by Crippen LogP contribution is 2.32. The first-order valence-corrected chi connectivity index (χ1v) is 13.0. The number of hydrogen-bond donors (Lipinski definition) is 0. The Morgan fingerprint density at radius 1 is 0.579 bits per heavy atom. The average molecular weight is 523 g/mol. The molecule has 0 bridgehead atoms. The van der Waals surface area contributed by atoms with Gasteiger partial charge in [0.05, 0.1) is 5.56 Å². The minimum Gasteiger partial charge on any atom is -0.206 e. The lowest BCUT2D eigenvalue weighted by molar-refractivity contribution is 0.145. The number of rotatable bonds is 10. The van der Waals surface area contributed by atoms with Crippen LogP contribution in [0.4, 0.5) is 22.0 Å². The maximum atomic E-state index is 15.1. The Bertz CT molecular complexity index is 1370. The van der Waals surface area contributed by atoms with E-state index in [1.54, 1.807) is 36.4 Å². The monoisotopic (exact) mass is 522 g/mol. The molecule has 0 saturated carbocycles. The van der Waals surface area contributed by atoms with Crippen LogP contribution < -0.4 is 0 Å². The fourth-order valence-corrected chi connectivity index (χ4v) is 4.75. The Morgan fingerprint density at radius 3 is 1.61 bits per heavy atom. The van der Waals surface area contributed by atoms with Gasteiger partial charge < -0.3 is 0 Å². The molecule has 0 N–H and O–H groups in total. The van der Waals surface area contributed by atoms with E-state index in [4.69, 9.17) is 0 Å². The topological polar surface area (TPSA) is 0 Å². The third-order valence-corrected chi connectivity index (χ3v) is 7.06. The van der Waals surface area contributed by atoms with Crippen LogP contribution in [0.25, 0.3) is 22.3 Å². The number of unbranched alkanes of at least 4 members (excludes halogenated alkanes) is 2. The molecule has 0 atom stereocenters. The Labute approximate surface area is 221 Å². The summed E-state index contributed by atoms with van der Waals surface area (Å²) in [6.45, 7) is 3.62. The fraction of sp³-hybridized carbons (Fsp3) is 0.273. The van der Waals surface area contributed by atoms with Gasteiger partial charge in [-0.05, 0) is 66.0 Å². The molecule has 0 amide bonds. The predicted molar refractivity (Wildman–Crippen MR) is 144 cm³/mol. The van der Waals surface area contributed by atoms with Crippen LogP contribution in [0.15, 0.2) is 72.8 Å². The summed E-state index contributed by atoms with van der Waals surface area (Å²) in [6.07, 6.45) is 2.19. The molecule has 0 aliphatic carbocycles. The van der Waals surface area contributed by atoms with Gasteiger partial charge in [0.1, 0.15) is 5.82 Å². The standard InChI is InChI=1S/C33H31F5/c1-3-4-5-6-22-8-14-24(15-9-22)27-19-20-28(32(36)31(27)35)25-16-10-23(11-17-25)12-18-26-13-7-21(2)29(30(26)34)33(37)38/h7-11,13-17,19-20,33H,3-6,12,18H2,1-2H3.